The number of ether oxygens (including phenoxy) is 2. The molecule has 0 fully saturated rings. The van der Waals surface area contributed by atoms with Crippen molar-refractivity contribution in [3.8, 4) is 0 Å². The summed E-state index contributed by atoms with van der Waals surface area (Å²) in [4.78, 5) is 23.6. The summed E-state index contributed by atoms with van der Waals surface area (Å²) in [7, 11) is 0. The molecule has 0 spiro atoms. The summed E-state index contributed by atoms with van der Waals surface area (Å²) >= 11 is 0. The van der Waals surface area contributed by atoms with Crippen LogP contribution in [0.25, 0.3) is 10.8 Å². The van der Waals surface area contributed by atoms with Crippen LogP contribution in [-0.4, -0.2) is 18.5 Å². The normalized spacial score (nSPS) is 10.6. The van der Waals surface area contributed by atoms with E-state index >= 15 is 0 Å². The summed E-state index contributed by atoms with van der Waals surface area (Å²) in [6.07, 6.45) is 1.71. The van der Waals surface area contributed by atoms with E-state index in [0.29, 0.717) is 6.61 Å². The van der Waals surface area contributed by atoms with Gasteiger partial charge in [0.05, 0.1) is 19.4 Å². The fraction of sp³-hybridized carbons (Fsp3) is 0.250. The Balaban J connectivity index is 1.31. The third kappa shape index (κ3) is 6.23. The summed E-state index contributed by atoms with van der Waals surface area (Å²) < 4.78 is 10.4. The van der Waals surface area contributed by atoms with Crippen LogP contribution in [0.1, 0.15) is 30.4 Å². The van der Waals surface area contributed by atoms with E-state index in [1.165, 1.54) is 5.56 Å². The van der Waals surface area contributed by atoms with Gasteiger partial charge >= 0.3 is 11.9 Å². The number of rotatable bonds is 9. The van der Waals surface area contributed by atoms with Crippen LogP contribution in [0, 0.1) is 0 Å². The fourth-order valence-corrected chi connectivity index (χ4v) is 2.95. The maximum absolute atomic E-state index is 11.9. The monoisotopic (exact) mass is 376 g/mol. The number of aryl methyl sites for hydroxylation is 1. The molecule has 28 heavy (non-hydrogen) atoms. The van der Waals surface area contributed by atoms with Crippen molar-refractivity contribution in [2.75, 3.05) is 6.61 Å². The van der Waals surface area contributed by atoms with E-state index in [9.17, 15) is 9.59 Å². The van der Waals surface area contributed by atoms with E-state index in [4.69, 9.17) is 9.47 Å². The lowest BCUT2D eigenvalue weighted by atomic mass is 10.1. The van der Waals surface area contributed by atoms with Gasteiger partial charge in [-0.05, 0) is 40.8 Å². The smallest absolute Gasteiger partial charge is 0.306 e. The van der Waals surface area contributed by atoms with E-state index in [-0.39, 0.29) is 25.4 Å². The van der Waals surface area contributed by atoms with E-state index in [1.807, 2.05) is 72.8 Å². The molecule has 0 aliphatic carbocycles. The molecule has 0 bridgehead atoms. The first-order valence-electron chi connectivity index (χ1n) is 9.53. The van der Waals surface area contributed by atoms with Crippen LogP contribution in [-0.2, 0) is 32.1 Å². The predicted molar refractivity (Wildman–Crippen MR) is 109 cm³/mol. The molecule has 0 aromatic heterocycles. The molecule has 144 valence electrons. The zero-order chi connectivity index (χ0) is 19.6. The van der Waals surface area contributed by atoms with E-state index < -0.39 is 5.97 Å². The first-order chi connectivity index (χ1) is 13.7. The molecule has 0 atom stereocenters. The van der Waals surface area contributed by atoms with Crippen molar-refractivity contribution in [1.29, 1.82) is 0 Å². The summed E-state index contributed by atoms with van der Waals surface area (Å²) in [6, 6.07) is 24.0. The van der Waals surface area contributed by atoms with Crippen molar-refractivity contribution in [3.63, 3.8) is 0 Å². The van der Waals surface area contributed by atoms with E-state index in [0.717, 1.165) is 29.2 Å². The van der Waals surface area contributed by atoms with Gasteiger partial charge in [0.15, 0.2) is 0 Å². The van der Waals surface area contributed by atoms with Crippen LogP contribution in [0.3, 0.4) is 0 Å². The van der Waals surface area contributed by atoms with Crippen molar-refractivity contribution in [2.45, 2.75) is 32.3 Å². The third-order valence-electron chi connectivity index (χ3n) is 4.46. The molecular weight excluding hydrogens is 352 g/mol. The van der Waals surface area contributed by atoms with Crippen LogP contribution in [0.4, 0.5) is 0 Å². The lowest BCUT2D eigenvalue weighted by Gasteiger charge is -2.07. The molecule has 0 saturated carbocycles. The molecule has 0 heterocycles. The van der Waals surface area contributed by atoms with Gasteiger partial charge in [-0.2, -0.15) is 0 Å². The van der Waals surface area contributed by atoms with Gasteiger partial charge < -0.3 is 9.47 Å². The van der Waals surface area contributed by atoms with Crippen LogP contribution >= 0.6 is 0 Å². The quantitative estimate of drug-likeness (QED) is 0.396. The lowest BCUT2D eigenvalue weighted by molar-refractivity contribution is -0.151. The molecule has 0 radical (unpaired) electrons. The van der Waals surface area contributed by atoms with Gasteiger partial charge in [0, 0.05) is 0 Å². The van der Waals surface area contributed by atoms with Gasteiger partial charge in [0.2, 0.25) is 0 Å². The molecule has 0 amide bonds. The molecule has 0 N–H and O–H groups in total. The highest BCUT2D eigenvalue weighted by Crippen LogP contribution is 2.16. The highest BCUT2D eigenvalue weighted by Gasteiger charge is 2.09. The van der Waals surface area contributed by atoms with Crippen LogP contribution in [0.15, 0.2) is 72.8 Å². The highest BCUT2D eigenvalue weighted by atomic mass is 16.5. The Morgan fingerprint density at radius 2 is 1.36 bits per heavy atom. The van der Waals surface area contributed by atoms with Crippen LogP contribution in [0.2, 0.25) is 0 Å². The lowest BCUT2D eigenvalue weighted by Crippen LogP contribution is -2.11. The maximum atomic E-state index is 11.9. The van der Waals surface area contributed by atoms with Gasteiger partial charge in [0.1, 0.15) is 6.61 Å². The fourth-order valence-electron chi connectivity index (χ4n) is 2.95. The summed E-state index contributed by atoms with van der Waals surface area (Å²) in [5, 5.41) is 2.25. The molecule has 3 aromatic rings. The molecule has 0 aliphatic heterocycles. The Kier molecular flexibility index (Phi) is 7.19. The second-order valence-electron chi connectivity index (χ2n) is 6.65. The number of carbonyl (C=O) groups excluding carboxylic acids is 2. The molecule has 4 nitrogen and oxygen atoms in total. The highest BCUT2D eigenvalue weighted by molar-refractivity contribution is 5.83. The van der Waals surface area contributed by atoms with Crippen molar-refractivity contribution >= 4 is 22.7 Å². The van der Waals surface area contributed by atoms with Gasteiger partial charge in [-0.1, -0.05) is 66.7 Å². The number of carbonyl (C=O) groups is 2. The second-order valence-corrected chi connectivity index (χ2v) is 6.65. The summed E-state index contributed by atoms with van der Waals surface area (Å²) in [5.74, 6) is -0.759. The number of fused-ring (bicyclic) bond motifs is 1. The Morgan fingerprint density at radius 1 is 0.679 bits per heavy atom. The van der Waals surface area contributed by atoms with Gasteiger partial charge in [-0.25, -0.2) is 0 Å². The zero-order valence-electron chi connectivity index (χ0n) is 15.8. The number of benzene rings is 3. The van der Waals surface area contributed by atoms with Crippen molar-refractivity contribution in [1.82, 2.24) is 0 Å². The zero-order valence-corrected chi connectivity index (χ0v) is 15.8. The molecule has 0 unspecified atom stereocenters. The molecule has 3 rings (SSSR count). The SMILES string of the molecule is O=C(CCC(=O)OCc1ccc2ccccc2c1)OCCCc1ccccc1. The minimum absolute atomic E-state index is 0.0328. The van der Waals surface area contributed by atoms with Crippen molar-refractivity contribution < 1.29 is 19.1 Å². The first-order valence-corrected chi connectivity index (χ1v) is 9.53. The standard InChI is InChI=1S/C24H24O4/c25-23(27-16-6-9-19-7-2-1-3-8-19)14-15-24(26)28-18-20-12-13-21-10-4-5-11-22(21)17-20/h1-5,7-8,10-13,17H,6,9,14-16,18H2. The van der Waals surface area contributed by atoms with Crippen molar-refractivity contribution in [2.24, 2.45) is 0 Å². The van der Waals surface area contributed by atoms with E-state index in [1.54, 1.807) is 0 Å². The third-order valence-corrected chi connectivity index (χ3v) is 4.46. The number of esters is 2. The molecule has 0 saturated heterocycles. The van der Waals surface area contributed by atoms with E-state index in [2.05, 4.69) is 0 Å². The Labute approximate surface area is 165 Å². The topological polar surface area (TPSA) is 52.6 Å². The molecular formula is C24H24O4. The average Bonchev–Trinajstić information content (AvgIpc) is 2.74. The van der Waals surface area contributed by atoms with Gasteiger partial charge in [0.25, 0.3) is 0 Å². The van der Waals surface area contributed by atoms with Crippen LogP contribution < -0.4 is 0 Å². The number of hydrogen-bond donors (Lipinski definition) is 0. The Hall–Kier alpha value is -3.14. The minimum atomic E-state index is -0.394. The van der Waals surface area contributed by atoms with Gasteiger partial charge in [-0.3, -0.25) is 9.59 Å². The second kappa shape index (κ2) is 10.3. The first kappa shape index (κ1) is 19.6. The predicted octanol–water partition coefficient (Wildman–Crippen LogP) is 4.84. The summed E-state index contributed by atoms with van der Waals surface area (Å²) in [5.41, 5.74) is 2.14. The van der Waals surface area contributed by atoms with Gasteiger partial charge in [-0.15, -0.1) is 0 Å². The van der Waals surface area contributed by atoms with Crippen LogP contribution in [0.5, 0.6) is 0 Å². The molecule has 4 heteroatoms. The minimum Gasteiger partial charge on any atom is -0.466 e. The molecule has 3 aromatic carbocycles. The van der Waals surface area contributed by atoms with Crippen molar-refractivity contribution in [3.05, 3.63) is 83.9 Å². The number of hydrogen-bond acceptors (Lipinski definition) is 4. The Bertz CT molecular complexity index is 918. The summed E-state index contributed by atoms with van der Waals surface area (Å²) in [6.45, 7) is 0.565. The maximum Gasteiger partial charge on any atom is 0.306 e. The average molecular weight is 376 g/mol. The largest absolute Gasteiger partial charge is 0.466 e. The molecule has 0 aliphatic rings. The Morgan fingerprint density at radius 3 is 2.14 bits per heavy atom.